The van der Waals surface area contributed by atoms with E-state index < -0.39 is 15.6 Å². The Morgan fingerprint density at radius 1 is 1.44 bits per heavy atom. The van der Waals surface area contributed by atoms with Crippen molar-refractivity contribution in [1.29, 1.82) is 0 Å². The number of aliphatic hydroxyl groups is 1. The molecule has 1 aliphatic rings. The summed E-state index contributed by atoms with van der Waals surface area (Å²) < 4.78 is 30.8. The summed E-state index contributed by atoms with van der Waals surface area (Å²) in [6, 6.07) is 4.35. The molecule has 0 aliphatic carbocycles. The highest BCUT2D eigenvalue weighted by Gasteiger charge is 2.44. The summed E-state index contributed by atoms with van der Waals surface area (Å²) in [6.07, 6.45) is 0. The van der Waals surface area contributed by atoms with Crippen molar-refractivity contribution in [2.24, 2.45) is 0 Å². The van der Waals surface area contributed by atoms with Crippen molar-refractivity contribution in [2.75, 3.05) is 20.2 Å². The lowest BCUT2D eigenvalue weighted by atomic mass is 10.0. The predicted molar refractivity (Wildman–Crippen MR) is 67.4 cm³/mol. The molecule has 1 N–H and O–H groups in total. The van der Waals surface area contributed by atoms with Gasteiger partial charge in [-0.1, -0.05) is 11.6 Å². The van der Waals surface area contributed by atoms with Crippen molar-refractivity contribution in [2.45, 2.75) is 17.4 Å². The molecule has 0 radical (unpaired) electrons. The minimum Gasteiger partial charge on any atom is -0.495 e. The van der Waals surface area contributed by atoms with Crippen LogP contribution in [0.15, 0.2) is 23.1 Å². The second-order valence-corrected chi connectivity index (χ2v) is 6.91. The number of hydrogen-bond donors (Lipinski definition) is 1. The number of β-amino-alcohol motifs (C(OH)–C–C–N with tert-alkyl or cyclic N) is 1. The molecule has 100 valence electrons. The SMILES string of the molecule is COc1cc(Cl)ccc1S(=O)(=O)N1CC(C)(O)C1. The molecule has 1 aliphatic heterocycles. The Hall–Kier alpha value is -0.820. The number of halogens is 1. The maximum Gasteiger partial charge on any atom is 0.246 e. The predicted octanol–water partition coefficient (Wildman–Crippen LogP) is 1.10. The second kappa shape index (κ2) is 4.38. The maximum atomic E-state index is 12.3. The fourth-order valence-corrected chi connectivity index (χ4v) is 3.85. The van der Waals surface area contributed by atoms with Crippen LogP contribution >= 0.6 is 11.6 Å². The van der Waals surface area contributed by atoms with Crippen LogP contribution in [0.25, 0.3) is 0 Å². The highest BCUT2D eigenvalue weighted by molar-refractivity contribution is 7.89. The van der Waals surface area contributed by atoms with Crippen LogP contribution < -0.4 is 4.74 Å². The van der Waals surface area contributed by atoms with Gasteiger partial charge in [-0.05, 0) is 19.1 Å². The van der Waals surface area contributed by atoms with E-state index in [2.05, 4.69) is 0 Å². The van der Waals surface area contributed by atoms with E-state index in [1.165, 1.54) is 29.6 Å². The van der Waals surface area contributed by atoms with Crippen LogP contribution in [0.3, 0.4) is 0 Å². The maximum absolute atomic E-state index is 12.3. The van der Waals surface area contributed by atoms with Gasteiger partial charge in [0, 0.05) is 24.2 Å². The van der Waals surface area contributed by atoms with Crippen LogP contribution in [-0.4, -0.2) is 43.6 Å². The van der Waals surface area contributed by atoms with Crippen LogP contribution in [0.5, 0.6) is 5.75 Å². The van der Waals surface area contributed by atoms with E-state index in [1.54, 1.807) is 6.92 Å². The number of nitrogens with zero attached hydrogens (tertiary/aromatic N) is 1. The van der Waals surface area contributed by atoms with E-state index >= 15 is 0 Å². The minimum atomic E-state index is -3.64. The fraction of sp³-hybridized carbons (Fsp3) is 0.455. The van der Waals surface area contributed by atoms with Crippen molar-refractivity contribution in [3.8, 4) is 5.75 Å². The molecule has 1 fully saturated rings. The molecule has 0 bridgehead atoms. The normalized spacial score (nSPS) is 19.3. The number of benzene rings is 1. The monoisotopic (exact) mass is 291 g/mol. The number of rotatable bonds is 3. The molecule has 0 spiro atoms. The van der Waals surface area contributed by atoms with Gasteiger partial charge in [0.1, 0.15) is 10.6 Å². The van der Waals surface area contributed by atoms with Gasteiger partial charge in [0.25, 0.3) is 0 Å². The largest absolute Gasteiger partial charge is 0.495 e. The summed E-state index contributed by atoms with van der Waals surface area (Å²) in [5.74, 6) is 0.203. The third kappa shape index (κ3) is 2.33. The molecule has 0 atom stereocenters. The Morgan fingerprint density at radius 3 is 2.56 bits per heavy atom. The van der Waals surface area contributed by atoms with E-state index in [9.17, 15) is 13.5 Å². The summed E-state index contributed by atoms with van der Waals surface area (Å²) in [5, 5.41) is 10.0. The molecule has 2 rings (SSSR count). The smallest absolute Gasteiger partial charge is 0.246 e. The minimum absolute atomic E-state index is 0.0601. The Bertz CT molecular complexity index is 562. The van der Waals surface area contributed by atoms with Crippen molar-refractivity contribution in [3.05, 3.63) is 23.2 Å². The summed E-state index contributed by atoms with van der Waals surface area (Å²) >= 11 is 5.79. The van der Waals surface area contributed by atoms with Gasteiger partial charge >= 0.3 is 0 Å². The first kappa shape index (κ1) is 13.6. The highest BCUT2D eigenvalue weighted by atomic mass is 35.5. The number of sulfonamides is 1. The average Bonchev–Trinajstić information content (AvgIpc) is 2.25. The zero-order valence-electron chi connectivity index (χ0n) is 10.1. The van der Waals surface area contributed by atoms with E-state index in [1.807, 2.05) is 0 Å². The van der Waals surface area contributed by atoms with Crippen LogP contribution in [0.4, 0.5) is 0 Å². The Morgan fingerprint density at radius 2 is 2.06 bits per heavy atom. The first-order valence-electron chi connectivity index (χ1n) is 5.32. The first-order valence-corrected chi connectivity index (χ1v) is 7.14. The molecular weight excluding hydrogens is 278 g/mol. The Kier molecular flexibility index (Phi) is 3.31. The Balaban J connectivity index is 2.37. The third-order valence-electron chi connectivity index (χ3n) is 2.78. The lowest BCUT2D eigenvalue weighted by Gasteiger charge is -2.42. The van der Waals surface area contributed by atoms with Gasteiger partial charge in [-0.3, -0.25) is 0 Å². The highest BCUT2D eigenvalue weighted by Crippen LogP contribution is 2.33. The van der Waals surface area contributed by atoms with Gasteiger partial charge in [-0.25, -0.2) is 8.42 Å². The van der Waals surface area contributed by atoms with Crippen LogP contribution in [-0.2, 0) is 10.0 Å². The lowest BCUT2D eigenvalue weighted by molar-refractivity contribution is -0.0426. The molecule has 1 aromatic carbocycles. The molecule has 0 amide bonds. The quantitative estimate of drug-likeness (QED) is 0.906. The topological polar surface area (TPSA) is 66.8 Å². The van der Waals surface area contributed by atoms with Gasteiger partial charge in [0.15, 0.2) is 0 Å². The van der Waals surface area contributed by atoms with E-state index in [-0.39, 0.29) is 23.7 Å². The van der Waals surface area contributed by atoms with E-state index in [4.69, 9.17) is 16.3 Å². The number of ether oxygens (including phenoxy) is 1. The molecule has 0 saturated carbocycles. The molecule has 1 saturated heterocycles. The van der Waals surface area contributed by atoms with Crippen LogP contribution in [0, 0.1) is 0 Å². The summed E-state index contributed by atoms with van der Waals surface area (Å²) in [4.78, 5) is 0.0601. The van der Waals surface area contributed by atoms with Crippen molar-refractivity contribution in [3.63, 3.8) is 0 Å². The van der Waals surface area contributed by atoms with Gasteiger partial charge < -0.3 is 9.84 Å². The summed E-state index contributed by atoms with van der Waals surface area (Å²) in [5.41, 5.74) is -0.952. The zero-order valence-corrected chi connectivity index (χ0v) is 11.6. The first-order chi connectivity index (χ1) is 8.26. The van der Waals surface area contributed by atoms with Gasteiger partial charge in [-0.2, -0.15) is 4.31 Å². The third-order valence-corrected chi connectivity index (χ3v) is 4.84. The lowest BCUT2D eigenvalue weighted by Crippen LogP contribution is -2.61. The molecule has 0 unspecified atom stereocenters. The van der Waals surface area contributed by atoms with Crippen molar-refractivity contribution < 1.29 is 18.3 Å². The van der Waals surface area contributed by atoms with E-state index in [0.717, 1.165) is 0 Å². The van der Waals surface area contributed by atoms with Crippen LogP contribution in [0.2, 0.25) is 5.02 Å². The Labute approximate surface area is 111 Å². The molecule has 1 heterocycles. The molecule has 7 heteroatoms. The number of methoxy groups -OCH3 is 1. The van der Waals surface area contributed by atoms with E-state index in [0.29, 0.717) is 5.02 Å². The van der Waals surface area contributed by atoms with Gasteiger partial charge in [-0.15, -0.1) is 0 Å². The molecule has 1 aromatic rings. The fourth-order valence-electron chi connectivity index (χ4n) is 1.88. The summed E-state index contributed by atoms with van der Waals surface area (Å²) in [7, 11) is -2.26. The summed E-state index contributed by atoms with van der Waals surface area (Å²) in [6.45, 7) is 1.76. The molecule has 18 heavy (non-hydrogen) atoms. The zero-order chi connectivity index (χ0) is 13.6. The van der Waals surface area contributed by atoms with Crippen LogP contribution in [0.1, 0.15) is 6.92 Å². The van der Waals surface area contributed by atoms with Crippen molar-refractivity contribution >= 4 is 21.6 Å². The molecular formula is C11H14ClNO4S. The van der Waals surface area contributed by atoms with Gasteiger partial charge in [0.05, 0.1) is 12.7 Å². The standard InChI is InChI=1S/C11H14ClNO4S/c1-11(14)6-13(7-11)18(15,16)10-4-3-8(12)5-9(10)17-2/h3-5,14H,6-7H2,1-2H3. The molecule has 5 nitrogen and oxygen atoms in total. The molecule has 0 aromatic heterocycles. The van der Waals surface area contributed by atoms with Crippen molar-refractivity contribution in [1.82, 2.24) is 4.31 Å². The van der Waals surface area contributed by atoms with Gasteiger partial charge in [0.2, 0.25) is 10.0 Å². The average molecular weight is 292 g/mol. The second-order valence-electron chi connectivity index (χ2n) is 4.57. The number of hydrogen-bond acceptors (Lipinski definition) is 4.